The van der Waals surface area contributed by atoms with Gasteiger partial charge in [0.2, 0.25) is 5.78 Å². The fraction of sp³-hybridized carbons (Fsp3) is 0.130. The Hall–Kier alpha value is -2.92. The predicted octanol–water partition coefficient (Wildman–Crippen LogP) is 5.20. The number of ketones is 1. The Balaban J connectivity index is 1.59. The van der Waals surface area contributed by atoms with Crippen LogP contribution in [-0.4, -0.2) is 22.7 Å². The summed E-state index contributed by atoms with van der Waals surface area (Å²) in [5, 5.41) is 6.65. The van der Waals surface area contributed by atoms with Crippen LogP contribution in [0.3, 0.4) is 0 Å². The second kappa shape index (κ2) is 6.91. The lowest BCUT2D eigenvalue weighted by molar-refractivity contribution is -0.00459. The predicted molar refractivity (Wildman–Crippen MR) is 112 cm³/mol. The molecule has 0 N–H and O–H groups in total. The Bertz CT molecular complexity index is 1070. The van der Waals surface area contributed by atoms with Crippen molar-refractivity contribution in [1.29, 1.82) is 0 Å². The van der Waals surface area contributed by atoms with Crippen molar-refractivity contribution in [3.8, 4) is 5.75 Å². The zero-order chi connectivity index (χ0) is 19.1. The molecule has 3 aromatic carbocycles. The van der Waals surface area contributed by atoms with E-state index in [9.17, 15) is 4.79 Å². The van der Waals surface area contributed by atoms with E-state index < -0.39 is 6.23 Å². The number of benzene rings is 3. The SMILES string of the molecule is O=C(c1ccccc1)[C@@H]1Oc2ccc(Br)cc2[C@@H]2CC(c3ccccc3)=NN12. The summed E-state index contributed by atoms with van der Waals surface area (Å²) in [6.45, 7) is 0. The quantitative estimate of drug-likeness (QED) is 0.533. The zero-order valence-corrected chi connectivity index (χ0v) is 16.5. The molecule has 5 heteroatoms. The fourth-order valence-corrected chi connectivity index (χ4v) is 4.16. The minimum Gasteiger partial charge on any atom is -0.461 e. The summed E-state index contributed by atoms with van der Waals surface area (Å²) in [5.41, 5.74) is 3.70. The number of Topliss-reactive ketones (excluding diaryl/α,β-unsaturated/α-hetero) is 1. The fourth-order valence-electron chi connectivity index (χ4n) is 3.78. The minimum absolute atomic E-state index is 0.0332. The van der Waals surface area contributed by atoms with Gasteiger partial charge in [-0.1, -0.05) is 76.6 Å². The molecule has 3 aromatic rings. The third-order valence-corrected chi connectivity index (χ3v) is 5.63. The summed E-state index contributed by atoms with van der Waals surface area (Å²) in [4.78, 5) is 13.2. The van der Waals surface area contributed by atoms with Gasteiger partial charge in [-0.15, -0.1) is 0 Å². The minimum atomic E-state index is -0.776. The summed E-state index contributed by atoms with van der Waals surface area (Å²) in [7, 11) is 0. The van der Waals surface area contributed by atoms with Gasteiger partial charge in [0.15, 0.2) is 0 Å². The monoisotopic (exact) mass is 432 g/mol. The van der Waals surface area contributed by atoms with Crippen LogP contribution in [0.4, 0.5) is 0 Å². The molecule has 138 valence electrons. The summed E-state index contributed by atoms with van der Waals surface area (Å²) in [6.07, 6.45) is -0.0441. The van der Waals surface area contributed by atoms with Gasteiger partial charge in [-0.25, -0.2) is 5.01 Å². The molecule has 0 aromatic heterocycles. The van der Waals surface area contributed by atoms with Crippen molar-refractivity contribution >= 4 is 27.4 Å². The number of ether oxygens (including phenoxy) is 1. The number of hydrogen-bond donors (Lipinski definition) is 0. The number of hydrazone groups is 1. The molecule has 0 unspecified atom stereocenters. The highest BCUT2D eigenvalue weighted by Gasteiger charge is 2.43. The van der Waals surface area contributed by atoms with E-state index in [4.69, 9.17) is 9.84 Å². The van der Waals surface area contributed by atoms with Crippen molar-refractivity contribution in [1.82, 2.24) is 5.01 Å². The second-order valence-corrected chi connectivity index (χ2v) is 7.81. The third kappa shape index (κ3) is 2.92. The first-order valence-corrected chi connectivity index (χ1v) is 9.96. The average Bonchev–Trinajstić information content (AvgIpc) is 3.20. The van der Waals surface area contributed by atoms with Gasteiger partial charge in [0.05, 0.1) is 11.8 Å². The van der Waals surface area contributed by atoms with E-state index in [2.05, 4.69) is 22.0 Å². The molecule has 0 amide bonds. The number of carbonyl (C=O) groups is 1. The second-order valence-electron chi connectivity index (χ2n) is 6.90. The molecule has 0 radical (unpaired) electrons. The van der Waals surface area contributed by atoms with E-state index in [-0.39, 0.29) is 11.8 Å². The maximum absolute atomic E-state index is 13.2. The van der Waals surface area contributed by atoms with E-state index in [1.165, 1.54) is 0 Å². The largest absolute Gasteiger partial charge is 0.461 e. The Kier molecular flexibility index (Phi) is 4.24. The standard InChI is InChI=1S/C23H17BrN2O2/c24-17-11-12-21-18(13-17)20-14-19(15-7-3-1-4-8-15)25-26(20)23(28-21)22(27)16-9-5-2-6-10-16/h1-13,20,23H,14H2/t20-,23-/m0/s1. The first-order valence-electron chi connectivity index (χ1n) is 9.17. The molecule has 5 rings (SSSR count). The van der Waals surface area contributed by atoms with Gasteiger partial charge >= 0.3 is 0 Å². The van der Waals surface area contributed by atoms with Gasteiger partial charge < -0.3 is 4.74 Å². The lowest BCUT2D eigenvalue weighted by atomic mass is 9.96. The number of carbonyl (C=O) groups excluding carboxylic acids is 1. The molecular formula is C23H17BrN2O2. The van der Waals surface area contributed by atoms with Crippen LogP contribution in [0.15, 0.2) is 88.4 Å². The molecule has 0 fully saturated rings. The molecule has 2 aliphatic heterocycles. The molecule has 0 aliphatic carbocycles. The lowest BCUT2D eigenvalue weighted by Crippen LogP contribution is -2.45. The highest BCUT2D eigenvalue weighted by molar-refractivity contribution is 9.10. The first kappa shape index (κ1) is 17.2. The van der Waals surface area contributed by atoms with Crippen LogP contribution in [-0.2, 0) is 0 Å². The molecule has 0 saturated heterocycles. The molecule has 2 aliphatic rings. The summed E-state index contributed by atoms with van der Waals surface area (Å²) in [5.74, 6) is 0.653. The van der Waals surface area contributed by atoms with Crippen molar-refractivity contribution < 1.29 is 9.53 Å². The van der Waals surface area contributed by atoms with E-state index in [1.807, 2.05) is 77.8 Å². The highest BCUT2D eigenvalue weighted by atomic mass is 79.9. The van der Waals surface area contributed by atoms with Gasteiger partial charge in [0.1, 0.15) is 5.75 Å². The van der Waals surface area contributed by atoms with Crippen LogP contribution in [0.1, 0.15) is 33.9 Å². The van der Waals surface area contributed by atoms with Crippen LogP contribution < -0.4 is 4.74 Å². The van der Waals surface area contributed by atoms with Crippen molar-refractivity contribution in [2.75, 3.05) is 0 Å². The Morgan fingerprint density at radius 1 is 1.00 bits per heavy atom. The average molecular weight is 433 g/mol. The third-order valence-electron chi connectivity index (χ3n) is 5.14. The molecular weight excluding hydrogens is 416 g/mol. The molecule has 0 bridgehead atoms. The molecule has 0 spiro atoms. The van der Waals surface area contributed by atoms with Crippen molar-refractivity contribution in [2.45, 2.75) is 18.7 Å². The van der Waals surface area contributed by atoms with E-state index >= 15 is 0 Å². The zero-order valence-electron chi connectivity index (χ0n) is 15.0. The van der Waals surface area contributed by atoms with Crippen LogP contribution in [0.2, 0.25) is 0 Å². The molecule has 2 heterocycles. The van der Waals surface area contributed by atoms with Gasteiger partial charge in [-0.2, -0.15) is 5.10 Å². The smallest absolute Gasteiger partial charge is 0.251 e. The summed E-state index contributed by atoms with van der Waals surface area (Å²) in [6, 6.07) is 25.2. The summed E-state index contributed by atoms with van der Waals surface area (Å²) < 4.78 is 7.13. The van der Waals surface area contributed by atoms with E-state index in [0.29, 0.717) is 5.56 Å². The normalized spacial score (nSPS) is 20.0. The van der Waals surface area contributed by atoms with Gasteiger partial charge in [-0.3, -0.25) is 4.79 Å². The van der Waals surface area contributed by atoms with Crippen molar-refractivity contribution in [3.63, 3.8) is 0 Å². The van der Waals surface area contributed by atoms with Crippen LogP contribution >= 0.6 is 15.9 Å². The summed E-state index contributed by atoms with van der Waals surface area (Å²) >= 11 is 3.55. The van der Waals surface area contributed by atoms with Gasteiger partial charge in [0, 0.05) is 22.0 Å². The molecule has 4 nitrogen and oxygen atoms in total. The van der Waals surface area contributed by atoms with Gasteiger partial charge in [0.25, 0.3) is 6.23 Å². The van der Waals surface area contributed by atoms with Crippen molar-refractivity contribution in [2.24, 2.45) is 5.10 Å². The lowest BCUT2D eigenvalue weighted by Gasteiger charge is -2.37. The number of nitrogens with zero attached hydrogens (tertiary/aromatic N) is 2. The highest BCUT2D eigenvalue weighted by Crippen LogP contribution is 2.44. The molecule has 0 saturated carbocycles. The maximum Gasteiger partial charge on any atom is 0.251 e. The number of halogens is 1. The first-order chi connectivity index (χ1) is 13.7. The van der Waals surface area contributed by atoms with Crippen molar-refractivity contribution in [3.05, 3.63) is 100 Å². The van der Waals surface area contributed by atoms with Crippen LogP contribution in [0.25, 0.3) is 0 Å². The van der Waals surface area contributed by atoms with Crippen LogP contribution in [0.5, 0.6) is 5.75 Å². The van der Waals surface area contributed by atoms with E-state index in [1.54, 1.807) is 0 Å². The van der Waals surface area contributed by atoms with Gasteiger partial charge in [-0.05, 0) is 23.8 Å². The maximum atomic E-state index is 13.2. The topological polar surface area (TPSA) is 41.9 Å². The molecule has 2 atom stereocenters. The van der Waals surface area contributed by atoms with E-state index in [0.717, 1.165) is 33.5 Å². The Morgan fingerprint density at radius 2 is 1.71 bits per heavy atom. The number of rotatable bonds is 3. The Labute approximate surface area is 171 Å². The number of hydrogen-bond acceptors (Lipinski definition) is 4. The number of fused-ring (bicyclic) bond motifs is 3. The molecule has 28 heavy (non-hydrogen) atoms. The van der Waals surface area contributed by atoms with Crippen LogP contribution in [0, 0.1) is 0 Å². The Morgan fingerprint density at radius 3 is 2.46 bits per heavy atom.